The Morgan fingerprint density at radius 1 is 0.902 bits per heavy atom. The maximum atomic E-state index is 14.3. The molecular formula is C42H36Cl3F2N3O11. The number of hydrogen-bond donors (Lipinski definition) is 2. The van der Waals surface area contributed by atoms with E-state index in [2.05, 4.69) is 9.97 Å². The summed E-state index contributed by atoms with van der Waals surface area (Å²) in [6.07, 6.45) is 4.91. The second kappa shape index (κ2) is 20.8. The highest BCUT2D eigenvalue weighted by molar-refractivity contribution is 6.35. The van der Waals surface area contributed by atoms with Crippen molar-refractivity contribution in [2.45, 2.75) is 58.7 Å². The van der Waals surface area contributed by atoms with Crippen LogP contribution >= 0.6 is 34.8 Å². The minimum Gasteiger partial charge on any atom is -0.489 e. The van der Waals surface area contributed by atoms with Crippen LogP contribution in [0.1, 0.15) is 46.5 Å². The molecule has 61 heavy (non-hydrogen) atoms. The summed E-state index contributed by atoms with van der Waals surface area (Å²) in [7, 11) is 0. The normalized spacial score (nSPS) is 14.0. The molecule has 0 unspecified atom stereocenters. The van der Waals surface area contributed by atoms with Crippen molar-refractivity contribution in [1.29, 1.82) is 0 Å². The van der Waals surface area contributed by atoms with Gasteiger partial charge in [0.15, 0.2) is 24.3 Å². The fourth-order valence-corrected chi connectivity index (χ4v) is 6.20. The smallest absolute Gasteiger partial charge is 0.427 e. The van der Waals surface area contributed by atoms with Gasteiger partial charge >= 0.3 is 23.9 Å². The van der Waals surface area contributed by atoms with Gasteiger partial charge in [-0.2, -0.15) is 0 Å². The molecule has 0 bridgehead atoms. The molecule has 1 atom stereocenters. The summed E-state index contributed by atoms with van der Waals surface area (Å²) in [5.74, 6) is -3.19. The van der Waals surface area contributed by atoms with E-state index < -0.39 is 48.3 Å². The quantitative estimate of drug-likeness (QED) is 0.120. The molecule has 1 saturated heterocycles. The van der Waals surface area contributed by atoms with Gasteiger partial charge in [-0.3, -0.25) is 9.78 Å². The molecule has 2 aromatic heterocycles. The van der Waals surface area contributed by atoms with Gasteiger partial charge in [0.2, 0.25) is 0 Å². The number of imide groups is 1. The van der Waals surface area contributed by atoms with Crippen molar-refractivity contribution < 1.29 is 61.9 Å². The van der Waals surface area contributed by atoms with Crippen LogP contribution in [0, 0.1) is 11.6 Å². The van der Waals surface area contributed by atoms with Crippen molar-refractivity contribution in [1.82, 2.24) is 9.97 Å². The molecule has 320 valence electrons. The summed E-state index contributed by atoms with van der Waals surface area (Å²) in [6, 6.07) is 16.3. The number of carboxylic acids is 2. The number of ether oxygens (including phenoxy) is 5. The van der Waals surface area contributed by atoms with E-state index >= 15 is 0 Å². The predicted molar refractivity (Wildman–Crippen MR) is 220 cm³/mol. The highest BCUT2D eigenvalue weighted by Gasteiger charge is 2.40. The third kappa shape index (κ3) is 12.2. The number of aliphatic carboxylic acids is 2. The van der Waals surface area contributed by atoms with Gasteiger partial charge in [0.05, 0.1) is 26.9 Å². The number of allylic oxidation sites excluding steroid dienone is 1. The molecule has 3 aromatic carbocycles. The Balaban J connectivity index is 0.000000177. The number of carbonyl (C=O) groups excluding carboxylic acids is 2. The molecule has 1 saturated carbocycles. The van der Waals surface area contributed by atoms with E-state index in [1.54, 1.807) is 44.3 Å². The summed E-state index contributed by atoms with van der Waals surface area (Å²) in [4.78, 5) is 53.9. The highest BCUT2D eigenvalue weighted by Crippen LogP contribution is 2.38. The number of carbonyl (C=O) groups is 4. The van der Waals surface area contributed by atoms with Crippen LogP contribution in [-0.2, 0) is 19.1 Å². The van der Waals surface area contributed by atoms with Crippen LogP contribution in [-0.4, -0.2) is 62.9 Å². The van der Waals surface area contributed by atoms with Gasteiger partial charge in [0, 0.05) is 23.8 Å². The number of anilines is 1. The number of amides is 2. The average Bonchev–Trinajstić information content (AvgIpc) is 3.84. The molecule has 5 aromatic rings. The minimum absolute atomic E-state index is 0.00962. The molecule has 2 N–H and O–H groups in total. The zero-order valence-electron chi connectivity index (χ0n) is 32.5. The Kier molecular flexibility index (Phi) is 15.7. The van der Waals surface area contributed by atoms with E-state index in [4.69, 9.17) is 68.7 Å². The molecule has 2 aliphatic rings. The van der Waals surface area contributed by atoms with Gasteiger partial charge in [-0.25, -0.2) is 33.0 Å². The predicted octanol–water partition coefficient (Wildman–Crippen LogP) is 10.4. The number of carboxylic acid groups (broad SMARTS) is 2. The molecule has 7 rings (SSSR count). The van der Waals surface area contributed by atoms with Crippen LogP contribution in [0.25, 0.3) is 10.9 Å². The Bertz CT molecular complexity index is 2460. The monoisotopic (exact) mass is 901 g/mol. The van der Waals surface area contributed by atoms with Crippen LogP contribution < -0.4 is 23.8 Å². The third-order valence-electron chi connectivity index (χ3n) is 8.57. The summed E-state index contributed by atoms with van der Waals surface area (Å²) in [6.45, 7) is 4.29. The first-order chi connectivity index (χ1) is 29.0. The number of rotatable bonds is 11. The molecule has 0 radical (unpaired) electrons. The van der Waals surface area contributed by atoms with Crippen LogP contribution in [0.2, 0.25) is 15.1 Å². The summed E-state index contributed by atoms with van der Waals surface area (Å²) >= 11 is 17.6. The topological polar surface area (TPSA) is 184 Å². The number of fused-ring (bicyclic) bond motifs is 1. The molecule has 1 aliphatic carbocycles. The van der Waals surface area contributed by atoms with Crippen LogP contribution in [0.15, 0.2) is 90.5 Å². The second-order valence-electron chi connectivity index (χ2n) is 13.3. The number of cyclic esters (lactones) is 1. The van der Waals surface area contributed by atoms with Crippen molar-refractivity contribution in [3.63, 3.8) is 0 Å². The highest BCUT2D eigenvalue weighted by atomic mass is 35.5. The summed E-state index contributed by atoms with van der Waals surface area (Å²) in [5.41, 5.74) is 0.877. The summed E-state index contributed by atoms with van der Waals surface area (Å²) < 4.78 is 54.1. The summed E-state index contributed by atoms with van der Waals surface area (Å²) in [5, 5.41) is 18.8. The number of hydrogen-bond acceptors (Lipinski definition) is 11. The molecule has 3 heterocycles. The van der Waals surface area contributed by atoms with E-state index in [-0.39, 0.29) is 39.2 Å². The third-order valence-corrected chi connectivity index (χ3v) is 9.40. The Morgan fingerprint density at radius 3 is 2.21 bits per heavy atom. The number of aromatic nitrogens is 2. The maximum absolute atomic E-state index is 14.3. The van der Waals surface area contributed by atoms with Crippen molar-refractivity contribution >= 4 is 75.3 Å². The molecule has 19 heteroatoms. The van der Waals surface area contributed by atoms with Gasteiger partial charge in [-0.1, -0.05) is 34.8 Å². The van der Waals surface area contributed by atoms with Gasteiger partial charge in [-0.15, -0.1) is 0 Å². The number of benzene rings is 3. The van der Waals surface area contributed by atoms with Gasteiger partial charge in [0.1, 0.15) is 34.3 Å². The van der Waals surface area contributed by atoms with Crippen molar-refractivity contribution in [2.75, 3.05) is 11.5 Å². The Morgan fingerprint density at radius 2 is 1.59 bits per heavy atom. The number of pyridine rings is 2. The van der Waals surface area contributed by atoms with Gasteiger partial charge < -0.3 is 33.9 Å². The molecular weight excluding hydrogens is 867 g/mol. The lowest BCUT2D eigenvalue weighted by Crippen LogP contribution is -2.29. The SMILES string of the molecule is CC(C)=C1OC(=O)N(c2cc(OC3CCCC3)c(Cl)cc2F)C1=O.C[C@@H](Oc1ccc(Oc2ncc(Cl)cc2F)cc1)C(=O)O.O=C(O)COc1ccc(Cl)c2cccnc12. The number of nitrogens with zero attached hydrogens (tertiary/aromatic N) is 3. The average molecular weight is 903 g/mol. The van der Waals surface area contributed by atoms with Crippen LogP contribution in [0.3, 0.4) is 0 Å². The van der Waals surface area contributed by atoms with Crippen LogP contribution in [0.5, 0.6) is 28.9 Å². The fourth-order valence-electron chi connectivity index (χ4n) is 5.65. The standard InChI is InChI=1S/C17H17ClFNO4.C14H11ClFNO4.C11H8ClNO3/c1-9(2)15-16(21)20(17(22)24-15)13-8-14(11(18)7-12(13)19)23-10-5-3-4-6-10;1-8(14(18)19)20-10-2-4-11(5-3-10)21-13-12(16)6-9(15)7-17-13;12-8-3-4-9(16-6-10(14)15)11-7(8)2-1-5-13-11/h7-8,10H,3-6H2,1-2H3;2-8H,1H3,(H,18,19);1-5H,6H2,(H,14,15)/t;8-;/m.1./s1. The van der Waals surface area contributed by atoms with Gasteiger partial charge in [0.25, 0.3) is 5.88 Å². The van der Waals surface area contributed by atoms with Gasteiger partial charge in [-0.05, 0) is 113 Å². The molecule has 2 amide bonds. The second-order valence-corrected chi connectivity index (χ2v) is 14.6. The molecule has 14 nitrogen and oxygen atoms in total. The lowest BCUT2D eigenvalue weighted by Gasteiger charge is -2.18. The van der Waals surface area contributed by atoms with E-state index in [0.717, 1.165) is 43.2 Å². The van der Waals surface area contributed by atoms with E-state index in [9.17, 15) is 28.0 Å². The van der Waals surface area contributed by atoms with Crippen molar-refractivity contribution in [3.05, 3.63) is 117 Å². The van der Waals surface area contributed by atoms with Crippen molar-refractivity contribution in [2.24, 2.45) is 0 Å². The zero-order chi connectivity index (χ0) is 44.4. The molecule has 2 fully saturated rings. The lowest BCUT2D eigenvalue weighted by molar-refractivity contribution is -0.144. The fraction of sp³-hybridized carbons (Fsp3) is 0.238. The first kappa shape index (κ1) is 45.8. The molecule has 1 aliphatic heterocycles. The first-order valence-electron chi connectivity index (χ1n) is 18.3. The van der Waals surface area contributed by atoms with Crippen molar-refractivity contribution in [3.8, 4) is 28.9 Å². The lowest BCUT2D eigenvalue weighted by atomic mass is 10.2. The largest absolute Gasteiger partial charge is 0.489 e. The number of halogens is 5. The van der Waals surface area contributed by atoms with E-state index in [1.165, 1.54) is 43.5 Å². The Hall–Kier alpha value is -6.23. The minimum atomic E-state index is -1.07. The van der Waals surface area contributed by atoms with E-state index in [1.807, 2.05) is 0 Å². The molecule has 0 spiro atoms. The van der Waals surface area contributed by atoms with Crippen LogP contribution in [0.4, 0.5) is 19.3 Å². The first-order valence-corrected chi connectivity index (χ1v) is 19.4. The Labute approximate surface area is 362 Å². The maximum Gasteiger partial charge on any atom is 0.427 e. The van der Waals surface area contributed by atoms with E-state index in [0.29, 0.717) is 38.3 Å². The zero-order valence-corrected chi connectivity index (χ0v) is 34.8.